The molecule has 0 spiro atoms. The zero-order chi connectivity index (χ0) is 15.9. The summed E-state index contributed by atoms with van der Waals surface area (Å²) in [6.07, 6.45) is -0.303. The number of halogens is 1. The number of rotatable bonds is 5. The van der Waals surface area contributed by atoms with Crippen LogP contribution in [0.15, 0.2) is 48.5 Å². The van der Waals surface area contributed by atoms with E-state index in [1.165, 1.54) is 18.2 Å². The van der Waals surface area contributed by atoms with Gasteiger partial charge in [0.25, 0.3) is 0 Å². The molecule has 0 aliphatic rings. The van der Waals surface area contributed by atoms with Crippen molar-refractivity contribution >= 4 is 17.5 Å². The van der Waals surface area contributed by atoms with Crippen LogP contribution in [0.5, 0.6) is 0 Å². The standard InChI is InChI=1S/C17H17FN2O2/c1-12-4-2-5-13(8-12)11-19-16(21)10-17(22)20-15-7-3-6-14(18)9-15/h2-9H,10-11H2,1H3,(H,19,21)(H,20,22). The van der Waals surface area contributed by atoms with E-state index >= 15 is 0 Å². The summed E-state index contributed by atoms with van der Waals surface area (Å²) in [4.78, 5) is 23.4. The Morgan fingerprint density at radius 3 is 2.55 bits per heavy atom. The third kappa shape index (κ3) is 5.01. The van der Waals surface area contributed by atoms with Gasteiger partial charge in [-0.15, -0.1) is 0 Å². The van der Waals surface area contributed by atoms with E-state index in [1.54, 1.807) is 6.07 Å². The van der Waals surface area contributed by atoms with Crippen molar-refractivity contribution in [3.8, 4) is 0 Å². The summed E-state index contributed by atoms with van der Waals surface area (Å²) < 4.78 is 13.0. The molecule has 2 N–H and O–H groups in total. The van der Waals surface area contributed by atoms with Crippen LogP contribution in [0.4, 0.5) is 10.1 Å². The number of nitrogens with one attached hydrogen (secondary N) is 2. The van der Waals surface area contributed by atoms with Gasteiger partial charge in [0.05, 0.1) is 0 Å². The summed E-state index contributed by atoms with van der Waals surface area (Å²) in [7, 11) is 0. The van der Waals surface area contributed by atoms with Crippen molar-refractivity contribution in [3.05, 3.63) is 65.5 Å². The second-order valence-electron chi connectivity index (χ2n) is 5.00. The maximum Gasteiger partial charge on any atom is 0.233 e. The van der Waals surface area contributed by atoms with Crippen molar-refractivity contribution < 1.29 is 14.0 Å². The summed E-state index contributed by atoms with van der Waals surface area (Å²) >= 11 is 0. The fraction of sp³-hybridized carbons (Fsp3) is 0.176. The van der Waals surface area contributed by atoms with Crippen LogP contribution in [0.3, 0.4) is 0 Å². The molecule has 0 aliphatic carbocycles. The Hall–Kier alpha value is -2.69. The van der Waals surface area contributed by atoms with Gasteiger partial charge in [0.1, 0.15) is 12.2 Å². The molecule has 0 saturated heterocycles. The van der Waals surface area contributed by atoms with Crippen LogP contribution in [0, 0.1) is 12.7 Å². The van der Waals surface area contributed by atoms with Crippen LogP contribution < -0.4 is 10.6 Å². The number of hydrogen-bond acceptors (Lipinski definition) is 2. The number of benzene rings is 2. The zero-order valence-corrected chi connectivity index (χ0v) is 12.2. The van der Waals surface area contributed by atoms with Gasteiger partial charge in [-0.3, -0.25) is 9.59 Å². The van der Waals surface area contributed by atoms with Gasteiger partial charge in [-0.2, -0.15) is 0 Å². The molecule has 0 radical (unpaired) electrons. The van der Waals surface area contributed by atoms with E-state index in [0.717, 1.165) is 11.1 Å². The van der Waals surface area contributed by atoms with E-state index in [2.05, 4.69) is 10.6 Å². The molecule has 0 unspecified atom stereocenters. The van der Waals surface area contributed by atoms with E-state index in [9.17, 15) is 14.0 Å². The second kappa shape index (κ2) is 7.36. The zero-order valence-electron chi connectivity index (χ0n) is 12.2. The Labute approximate surface area is 128 Å². The maximum absolute atomic E-state index is 13.0. The van der Waals surface area contributed by atoms with Crippen molar-refractivity contribution in [1.82, 2.24) is 5.32 Å². The van der Waals surface area contributed by atoms with Crippen LogP contribution in [-0.4, -0.2) is 11.8 Å². The Kier molecular flexibility index (Phi) is 5.25. The van der Waals surface area contributed by atoms with Gasteiger partial charge in [-0.25, -0.2) is 4.39 Å². The van der Waals surface area contributed by atoms with Crippen LogP contribution in [0.1, 0.15) is 17.5 Å². The average Bonchev–Trinajstić information content (AvgIpc) is 2.45. The molecule has 0 saturated carbocycles. The smallest absolute Gasteiger partial charge is 0.233 e. The SMILES string of the molecule is Cc1cccc(CNC(=O)CC(=O)Nc2cccc(F)c2)c1. The fourth-order valence-corrected chi connectivity index (χ4v) is 2.00. The van der Waals surface area contributed by atoms with E-state index < -0.39 is 11.7 Å². The lowest BCUT2D eigenvalue weighted by Gasteiger charge is -2.07. The van der Waals surface area contributed by atoms with Crippen molar-refractivity contribution in [2.75, 3.05) is 5.32 Å². The number of hydrogen-bond donors (Lipinski definition) is 2. The topological polar surface area (TPSA) is 58.2 Å². The lowest BCUT2D eigenvalue weighted by Crippen LogP contribution is -2.27. The lowest BCUT2D eigenvalue weighted by atomic mass is 10.1. The van der Waals surface area contributed by atoms with Gasteiger partial charge in [-0.05, 0) is 30.7 Å². The molecule has 2 aromatic carbocycles. The normalized spacial score (nSPS) is 10.1. The van der Waals surface area contributed by atoms with Gasteiger partial charge < -0.3 is 10.6 Å². The van der Waals surface area contributed by atoms with E-state index in [4.69, 9.17) is 0 Å². The molecule has 0 aromatic heterocycles. The van der Waals surface area contributed by atoms with E-state index in [1.807, 2.05) is 31.2 Å². The highest BCUT2D eigenvalue weighted by molar-refractivity contribution is 6.03. The molecule has 0 fully saturated rings. The molecule has 114 valence electrons. The first-order valence-corrected chi connectivity index (χ1v) is 6.90. The first-order valence-electron chi connectivity index (χ1n) is 6.90. The number of aryl methyl sites for hydroxylation is 1. The second-order valence-corrected chi connectivity index (χ2v) is 5.00. The Morgan fingerprint density at radius 1 is 1.05 bits per heavy atom. The van der Waals surface area contributed by atoms with Gasteiger partial charge in [0.2, 0.25) is 11.8 Å². The Bertz CT molecular complexity index is 686. The first kappa shape index (κ1) is 15.7. The highest BCUT2D eigenvalue weighted by atomic mass is 19.1. The fourth-order valence-electron chi connectivity index (χ4n) is 2.00. The average molecular weight is 300 g/mol. The highest BCUT2D eigenvalue weighted by Crippen LogP contribution is 2.09. The van der Waals surface area contributed by atoms with Crippen molar-refractivity contribution in [2.24, 2.45) is 0 Å². The molecule has 2 rings (SSSR count). The molecular weight excluding hydrogens is 283 g/mol. The number of amides is 2. The van der Waals surface area contributed by atoms with Crippen LogP contribution in [-0.2, 0) is 16.1 Å². The number of anilines is 1. The van der Waals surface area contributed by atoms with Gasteiger partial charge in [0, 0.05) is 12.2 Å². The minimum atomic E-state index is -0.479. The van der Waals surface area contributed by atoms with Crippen LogP contribution >= 0.6 is 0 Å². The monoisotopic (exact) mass is 300 g/mol. The number of carbonyl (C=O) groups is 2. The molecule has 5 heteroatoms. The lowest BCUT2D eigenvalue weighted by molar-refractivity contribution is -0.126. The summed E-state index contributed by atoms with van der Waals surface area (Å²) in [5, 5.41) is 5.16. The minimum Gasteiger partial charge on any atom is -0.352 e. The molecule has 4 nitrogen and oxygen atoms in total. The van der Waals surface area contributed by atoms with Gasteiger partial charge in [-0.1, -0.05) is 35.9 Å². The summed E-state index contributed by atoms with van der Waals surface area (Å²) in [5.74, 6) is -1.30. The van der Waals surface area contributed by atoms with Crippen molar-refractivity contribution in [3.63, 3.8) is 0 Å². The Morgan fingerprint density at radius 2 is 1.82 bits per heavy atom. The molecule has 0 aliphatic heterocycles. The van der Waals surface area contributed by atoms with Crippen LogP contribution in [0.25, 0.3) is 0 Å². The molecule has 0 bridgehead atoms. The minimum absolute atomic E-state index is 0.303. The first-order chi connectivity index (χ1) is 10.5. The maximum atomic E-state index is 13.0. The summed E-state index contributed by atoms with van der Waals surface area (Å²) in [6.45, 7) is 2.34. The Balaban J connectivity index is 1.80. The van der Waals surface area contributed by atoms with E-state index in [-0.39, 0.29) is 12.3 Å². The van der Waals surface area contributed by atoms with Gasteiger partial charge >= 0.3 is 0 Å². The molecule has 2 aromatic rings. The third-order valence-corrected chi connectivity index (χ3v) is 3.00. The summed E-state index contributed by atoms with van der Waals surface area (Å²) in [6, 6.07) is 13.3. The largest absolute Gasteiger partial charge is 0.352 e. The molecule has 22 heavy (non-hydrogen) atoms. The van der Waals surface area contributed by atoms with Crippen molar-refractivity contribution in [1.29, 1.82) is 0 Å². The molecular formula is C17H17FN2O2. The quantitative estimate of drug-likeness (QED) is 0.834. The summed E-state index contributed by atoms with van der Waals surface area (Å²) in [5.41, 5.74) is 2.41. The highest BCUT2D eigenvalue weighted by Gasteiger charge is 2.09. The number of carbonyl (C=O) groups excluding carboxylic acids is 2. The predicted octanol–water partition coefficient (Wildman–Crippen LogP) is 2.78. The van der Waals surface area contributed by atoms with Crippen LogP contribution in [0.2, 0.25) is 0 Å². The molecule has 0 atom stereocenters. The van der Waals surface area contributed by atoms with Crippen molar-refractivity contribution in [2.45, 2.75) is 19.9 Å². The third-order valence-electron chi connectivity index (χ3n) is 3.00. The van der Waals surface area contributed by atoms with E-state index in [0.29, 0.717) is 12.2 Å². The predicted molar refractivity (Wildman–Crippen MR) is 82.7 cm³/mol. The molecule has 0 heterocycles. The van der Waals surface area contributed by atoms with Gasteiger partial charge in [0.15, 0.2) is 0 Å². The molecule has 2 amide bonds.